The highest BCUT2D eigenvalue weighted by Crippen LogP contribution is 2.38. The van der Waals surface area contributed by atoms with E-state index in [2.05, 4.69) is 4.72 Å². The summed E-state index contributed by atoms with van der Waals surface area (Å²) >= 11 is 0. The summed E-state index contributed by atoms with van der Waals surface area (Å²) in [5.41, 5.74) is 2.46. The van der Waals surface area contributed by atoms with Crippen LogP contribution in [0.15, 0.2) is 47.1 Å². The molecule has 1 aliphatic rings. The van der Waals surface area contributed by atoms with E-state index in [0.717, 1.165) is 20.8 Å². The van der Waals surface area contributed by atoms with E-state index in [1.807, 2.05) is 12.1 Å². The Labute approximate surface area is 144 Å². The predicted octanol–water partition coefficient (Wildman–Crippen LogP) is 2.47. The van der Waals surface area contributed by atoms with Crippen molar-refractivity contribution in [2.24, 2.45) is 0 Å². The standard InChI is InChI=1S/C17H16N2O5S/c1-23-12-3-4-13-14(10-24-17(13)9-12)11-2-5-15(16(20)8-11)19-7-6-18-25(19,21)22/h2-5,8-10,18,20H,6-7H2,1H3. The molecule has 2 N–H and O–H groups in total. The molecule has 2 heterocycles. The van der Waals surface area contributed by atoms with Gasteiger partial charge in [0.2, 0.25) is 0 Å². The van der Waals surface area contributed by atoms with E-state index in [4.69, 9.17) is 9.15 Å². The molecular weight excluding hydrogens is 344 g/mol. The lowest BCUT2D eigenvalue weighted by Crippen LogP contribution is -2.29. The third-order valence-electron chi connectivity index (χ3n) is 4.23. The normalized spacial score (nSPS) is 16.4. The Bertz CT molecular complexity index is 1060. The van der Waals surface area contributed by atoms with Gasteiger partial charge in [-0.1, -0.05) is 6.07 Å². The molecular formula is C17H16N2O5S. The number of aromatic hydroxyl groups is 1. The number of phenolic OH excluding ortho intramolecular Hbond substituents is 1. The van der Waals surface area contributed by atoms with Crippen molar-refractivity contribution in [3.8, 4) is 22.6 Å². The maximum Gasteiger partial charge on any atom is 0.301 e. The van der Waals surface area contributed by atoms with Crippen molar-refractivity contribution in [3.63, 3.8) is 0 Å². The molecule has 1 aliphatic heterocycles. The van der Waals surface area contributed by atoms with Crippen LogP contribution < -0.4 is 13.8 Å². The second kappa shape index (κ2) is 5.68. The van der Waals surface area contributed by atoms with Gasteiger partial charge in [-0.05, 0) is 29.8 Å². The van der Waals surface area contributed by atoms with Crippen LogP contribution in [-0.2, 0) is 10.2 Å². The van der Waals surface area contributed by atoms with Gasteiger partial charge in [0, 0.05) is 30.1 Å². The number of benzene rings is 2. The minimum absolute atomic E-state index is 0.104. The first-order valence-electron chi connectivity index (χ1n) is 7.65. The molecule has 8 heteroatoms. The minimum atomic E-state index is -3.58. The number of hydrogen-bond acceptors (Lipinski definition) is 5. The van der Waals surface area contributed by atoms with Gasteiger partial charge in [-0.2, -0.15) is 13.1 Å². The number of methoxy groups -OCH3 is 1. The molecule has 0 unspecified atom stereocenters. The monoisotopic (exact) mass is 360 g/mol. The van der Waals surface area contributed by atoms with Crippen LogP contribution >= 0.6 is 0 Å². The second-order valence-electron chi connectivity index (χ2n) is 5.69. The summed E-state index contributed by atoms with van der Waals surface area (Å²) in [6, 6.07) is 10.4. The fourth-order valence-electron chi connectivity index (χ4n) is 2.99. The van der Waals surface area contributed by atoms with Gasteiger partial charge in [0.25, 0.3) is 0 Å². The third kappa shape index (κ3) is 2.59. The second-order valence-corrected chi connectivity index (χ2v) is 7.37. The van der Waals surface area contributed by atoms with Crippen molar-refractivity contribution in [2.75, 3.05) is 24.5 Å². The first-order chi connectivity index (χ1) is 12.0. The first-order valence-corrected chi connectivity index (χ1v) is 9.09. The number of nitrogens with one attached hydrogen (secondary N) is 1. The Morgan fingerprint density at radius 2 is 2.08 bits per heavy atom. The van der Waals surface area contributed by atoms with Gasteiger partial charge in [-0.25, -0.2) is 0 Å². The molecule has 7 nitrogen and oxygen atoms in total. The topological polar surface area (TPSA) is 92.0 Å². The van der Waals surface area contributed by atoms with Gasteiger partial charge in [0.1, 0.15) is 17.1 Å². The molecule has 0 spiro atoms. The van der Waals surface area contributed by atoms with Crippen molar-refractivity contribution < 1.29 is 22.7 Å². The van der Waals surface area contributed by atoms with Gasteiger partial charge < -0.3 is 14.3 Å². The van der Waals surface area contributed by atoms with Crippen molar-refractivity contribution in [3.05, 3.63) is 42.7 Å². The highest BCUT2D eigenvalue weighted by molar-refractivity contribution is 7.91. The zero-order valence-corrected chi connectivity index (χ0v) is 14.2. The number of fused-ring (bicyclic) bond motifs is 1. The van der Waals surface area contributed by atoms with Crippen LogP contribution in [0.1, 0.15) is 0 Å². The first kappa shape index (κ1) is 15.8. The maximum absolute atomic E-state index is 11.9. The average molecular weight is 360 g/mol. The van der Waals surface area contributed by atoms with Gasteiger partial charge in [0.15, 0.2) is 0 Å². The van der Waals surface area contributed by atoms with Gasteiger partial charge in [-0.3, -0.25) is 4.31 Å². The molecule has 3 aromatic rings. The van der Waals surface area contributed by atoms with Crippen molar-refractivity contribution in [1.29, 1.82) is 0 Å². The summed E-state index contributed by atoms with van der Waals surface area (Å²) in [5, 5.41) is 11.2. The summed E-state index contributed by atoms with van der Waals surface area (Å²) in [6.45, 7) is 0.599. The molecule has 1 saturated heterocycles. The summed E-state index contributed by atoms with van der Waals surface area (Å²) in [4.78, 5) is 0. The van der Waals surface area contributed by atoms with Crippen LogP contribution in [0.4, 0.5) is 5.69 Å². The molecule has 0 amide bonds. The lowest BCUT2D eigenvalue weighted by Gasteiger charge is -2.17. The van der Waals surface area contributed by atoms with E-state index in [1.165, 1.54) is 6.07 Å². The van der Waals surface area contributed by atoms with Gasteiger partial charge in [-0.15, -0.1) is 0 Å². The van der Waals surface area contributed by atoms with Crippen LogP contribution in [0.2, 0.25) is 0 Å². The summed E-state index contributed by atoms with van der Waals surface area (Å²) in [6.07, 6.45) is 1.60. The third-order valence-corrected chi connectivity index (χ3v) is 5.76. The quantitative estimate of drug-likeness (QED) is 0.749. The molecule has 0 bridgehead atoms. The van der Waals surface area contributed by atoms with E-state index in [1.54, 1.807) is 31.6 Å². The summed E-state index contributed by atoms with van der Waals surface area (Å²) < 4.78 is 38.2. The van der Waals surface area contributed by atoms with Crippen LogP contribution in [0.5, 0.6) is 11.5 Å². The number of anilines is 1. The van der Waals surface area contributed by atoms with E-state index < -0.39 is 10.2 Å². The SMILES string of the molecule is COc1ccc2c(-c3ccc(N4CCNS4(=O)=O)c(O)c3)coc2c1. The fourth-order valence-corrected chi connectivity index (χ4v) is 4.24. The molecule has 0 saturated carbocycles. The molecule has 0 radical (unpaired) electrons. The Balaban J connectivity index is 1.76. The van der Waals surface area contributed by atoms with Crippen molar-refractivity contribution in [2.45, 2.75) is 0 Å². The van der Waals surface area contributed by atoms with E-state index in [-0.39, 0.29) is 18.0 Å². The smallest absolute Gasteiger partial charge is 0.301 e. The Kier molecular flexibility index (Phi) is 3.59. The van der Waals surface area contributed by atoms with Gasteiger partial charge in [0.05, 0.1) is 19.1 Å². The fraction of sp³-hybridized carbons (Fsp3) is 0.176. The zero-order chi connectivity index (χ0) is 17.6. The Morgan fingerprint density at radius 3 is 2.76 bits per heavy atom. The number of ether oxygens (including phenoxy) is 1. The number of nitrogens with zero attached hydrogens (tertiary/aromatic N) is 1. The Hall–Kier alpha value is -2.71. The number of hydrogen-bond donors (Lipinski definition) is 2. The van der Waals surface area contributed by atoms with Crippen LogP contribution in [0, 0.1) is 0 Å². The predicted molar refractivity (Wildman–Crippen MR) is 94.1 cm³/mol. The molecule has 4 rings (SSSR count). The Morgan fingerprint density at radius 1 is 1.24 bits per heavy atom. The van der Waals surface area contributed by atoms with Crippen molar-refractivity contribution >= 4 is 26.9 Å². The van der Waals surface area contributed by atoms with Crippen LogP contribution in [0.25, 0.3) is 22.1 Å². The molecule has 1 aromatic heterocycles. The van der Waals surface area contributed by atoms with E-state index >= 15 is 0 Å². The zero-order valence-electron chi connectivity index (χ0n) is 13.4. The molecule has 1 fully saturated rings. The van der Waals surface area contributed by atoms with Crippen LogP contribution in [0.3, 0.4) is 0 Å². The number of furan rings is 1. The maximum atomic E-state index is 11.9. The summed E-state index contributed by atoms with van der Waals surface area (Å²) in [5.74, 6) is 0.589. The highest BCUT2D eigenvalue weighted by atomic mass is 32.2. The lowest BCUT2D eigenvalue weighted by atomic mass is 10.0. The van der Waals surface area contributed by atoms with E-state index in [0.29, 0.717) is 17.9 Å². The molecule has 2 aromatic carbocycles. The van der Waals surface area contributed by atoms with Crippen molar-refractivity contribution in [1.82, 2.24) is 4.72 Å². The minimum Gasteiger partial charge on any atom is -0.506 e. The molecule has 130 valence electrons. The lowest BCUT2D eigenvalue weighted by molar-refractivity contribution is 0.414. The van der Waals surface area contributed by atoms with Crippen LogP contribution in [-0.4, -0.2) is 33.7 Å². The van der Waals surface area contributed by atoms with Gasteiger partial charge >= 0.3 is 10.2 Å². The average Bonchev–Trinajstić information content (AvgIpc) is 3.17. The molecule has 25 heavy (non-hydrogen) atoms. The summed E-state index contributed by atoms with van der Waals surface area (Å²) in [7, 11) is -1.99. The highest BCUT2D eigenvalue weighted by Gasteiger charge is 2.29. The number of rotatable bonds is 3. The molecule has 0 atom stereocenters. The largest absolute Gasteiger partial charge is 0.506 e. The van der Waals surface area contributed by atoms with E-state index in [9.17, 15) is 13.5 Å². The molecule has 0 aliphatic carbocycles. The number of phenols is 1.